The molecule has 68 valence electrons. The molecular weight excluding hydrogens is 160 g/mol. The van der Waals surface area contributed by atoms with Crippen molar-refractivity contribution in [2.45, 2.75) is 32.6 Å². The van der Waals surface area contributed by atoms with Crippen LogP contribution >= 0.6 is 0 Å². The summed E-state index contributed by atoms with van der Waals surface area (Å²) < 4.78 is 0. The van der Waals surface area contributed by atoms with Crippen molar-refractivity contribution in [1.29, 1.82) is 5.26 Å². The smallest absolute Gasteiger partial charge is 0.140 e. The first-order chi connectivity index (χ1) is 6.10. The van der Waals surface area contributed by atoms with E-state index >= 15 is 0 Å². The monoisotopic (exact) mass is 174 g/mol. The number of nitrogens with zero attached hydrogens (tertiary/aromatic N) is 2. The third kappa shape index (κ3) is 2.06. The van der Waals surface area contributed by atoms with Crippen LogP contribution in [0.3, 0.4) is 0 Å². The molecule has 0 amide bonds. The largest absolute Gasteiger partial charge is 0.246 e. The first-order valence-corrected chi connectivity index (χ1v) is 4.47. The Morgan fingerprint density at radius 3 is 2.77 bits per heavy atom. The average molecular weight is 174 g/mol. The molecule has 0 fully saturated rings. The van der Waals surface area contributed by atoms with Gasteiger partial charge in [-0.3, -0.25) is 0 Å². The summed E-state index contributed by atoms with van der Waals surface area (Å²) in [5.41, 5.74) is 1.81. The van der Waals surface area contributed by atoms with E-state index in [0.29, 0.717) is 5.69 Å². The highest BCUT2D eigenvalue weighted by molar-refractivity contribution is 5.30. The Balaban J connectivity index is 3.10. The molecule has 0 atom stereocenters. The van der Waals surface area contributed by atoms with Crippen molar-refractivity contribution in [3.8, 4) is 6.07 Å². The van der Waals surface area contributed by atoms with Crippen molar-refractivity contribution in [2.24, 2.45) is 0 Å². The highest BCUT2D eigenvalue weighted by Crippen LogP contribution is 2.26. The minimum absolute atomic E-state index is 0.133. The third-order valence-electron chi connectivity index (χ3n) is 2.54. The van der Waals surface area contributed by atoms with Crippen LogP contribution in [0.2, 0.25) is 0 Å². The highest BCUT2D eigenvalue weighted by atomic mass is 14.7. The first-order valence-electron chi connectivity index (χ1n) is 4.47. The molecule has 0 aliphatic rings. The summed E-state index contributed by atoms with van der Waals surface area (Å²) in [5, 5.41) is 8.69. The van der Waals surface area contributed by atoms with Crippen molar-refractivity contribution in [3.05, 3.63) is 29.6 Å². The predicted octanol–water partition coefficient (Wildman–Crippen LogP) is 2.64. The van der Waals surface area contributed by atoms with E-state index in [2.05, 4.69) is 31.8 Å². The minimum atomic E-state index is 0.133. The van der Waals surface area contributed by atoms with Gasteiger partial charge in [-0.05, 0) is 29.5 Å². The van der Waals surface area contributed by atoms with Gasteiger partial charge in [0, 0.05) is 6.20 Å². The number of aromatic nitrogens is 1. The van der Waals surface area contributed by atoms with Gasteiger partial charge in [0.25, 0.3) is 0 Å². The minimum Gasteiger partial charge on any atom is -0.246 e. The Bertz CT molecular complexity index is 334. The second-order valence-electron chi connectivity index (χ2n) is 3.78. The van der Waals surface area contributed by atoms with Crippen LogP contribution in [0.25, 0.3) is 0 Å². The van der Waals surface area contributed by atoms with E-state index in [1.807, 2.05) is 12.1 Å². The maximum Gasteiger partial charge on any atom is 0.140 e. The van der Waals surface area contributed by atoms with Crippen molar-refractivity contribution in [3.63, 3.8) is 0 Å². The number of pyridine rings is 1. The number of rotatable bonds is 2. The van der Waals surface area contributed by atoms with Crippen LogP contribution in [0, 0.1) is 11.3 Å². The van der Waals surface area contributed by atoms with Gasteiger partial charge >= 0.3 is 0 Å². The molecule has 0 bridgehead atoms. The molecule has 0 spiro atoms. The van der Waals surface area contributed by atoms with Crippen LogP contribution in [0.5, 0.6) is 0 Å². The number of hydrogen-bond acceptors (Lipinski definition) is 2. The summed E-state index contributed by atoms with van der Waals surface area (Å²) >= 11 is 0. The van der Waals surface area contributed by atoms with Crippen molar-refractivity contribution in [1.82, 2.24) is 4.98 Å². The standard InChI is InChI=1S/C11H14N2/c1-4-11(2,3)9-5-6-13-10(7-9)8-12/h5-7H,4H2,1-3H3. The molecule has 0 unspecified atom stereocenters. The summed E-state index contributed by atoms with van der Waals surface area (Å²) in [7, 11) is 0. The molecule has 13 heavy (non-hydrogen) atoms. The molecule has 1 heterocycles. The Labute approximate surface area is 79.2 Å². The van der Waals surface area contributed by atoms with Gasteiger partial charge in [-0.1, -0.05) is 20.8 Å². The fourth-order valence-corrected chi connectivity index (χ4v) is 1.12. The molecule has 0 saturated heterocycles. The van der Waals surface area contributed by atoms with Gasteiger partial charge in [0.15, 0.2) is 0 Å². The van der Waals surface area contributed by atoms with E-state index in [0.717, 1.165) is 6.42 Å². The molecule has 1 aromatic heterocycles. The molecule has 0 saturated carbocycles. The molecule has 2 heteroatoms. The first kappa shape index (κ1) is 9.73. The Morgan fingerprint density at radius 1 is 1.54 bits per heavy atom. The molecule has 1 aromatic rings. The molecule has 0 N–H and O–H groups in total. The van der Waals surface area contributed by atoms with E-state index < -0.39 is 0 Å². The van der Waals surface area contributed by atoms with Crippen LogP contribution in [0.1, 0.15) is 38.4 Å². The second-order valence-corrected chi connectivity index (χ2v) is 3.78. The van der Waals surface area contributed by atoms with E-state index in [1.165, 1.54) is 5.56 Å². The Morgan fingerprint density at radius 2 is 2.23 bits per heavy atom. The fraction of sp³-hybridized carbons (Fsp3) is 0.455. The zero-order valence-electron chi connectivity index (χ0n) is 8.33. The quantitative estimate of drug-likeness (QED) is 0.691. The topological polar surface area (TPSA) is 36.7 Å². The van der Waals surface area contributed by atoms with Gasteiger partial charge in [-0.15, -0.1) is 0 Å². The van der Waals surface area contributed by atoms with Gasteiger partial charge in [-0.25, -0.2) is 4.98 Å². The third-order valence-corrected chi connectivity index (χ3v) is 2.54. The van der Waals surface area contributed by atoms with E-state index in [9.17, 15) is 0 Å². The lowest BCUT2D eigenvalue weighted by Crippen LogP contribution is -2.15. The van der Waals surface area contributed by atoms with Gasteiger partial charge in [0.2, 0.25) is 0 Å². The SMILES string of the molecule is CCC(C)(C)c1ccnc(C#N)c1. The van der Waals surface area contributed by atoms with Crippen molar-refractivity contribution < 1.29 is 0 Å². The molecule has 0 aromatic carbocycles. The van der Waals surface area contributed by atoms with E-state index in [4.69, 9.17) is 5.26 Å². The number of hydrogen-bond donors (Lipinski definition) is 0. The van der Waals surface area contributed by atoms with Crippen LogP contribution in [0.4, 0.5) is 0 Å². The van der Waals surface area contributed by atoms with Gasteiger partial charge in [0.05, 0.1) is 0 Å². The maximum atomic E-state index is 8.69. The van der Waals surface area contributed by atoms with Crippen molar-refractivity contribution in [2.75, 3.05) is 0 Å². The summed E-state index contributed by atoms with van der Waals surface area (Å²) in [6, 6.07) is 5.89. The summed E-state index contributed by atoms with van der Waals surface area (Å²) in [4.78, 5) is 3.94. The highest BCUT2D eigenvalue weighted by Gasteiger charge is 2.18. The van der Waals surface area contributed by atoms with E-state index in [-0.39, 0.29) is 5.41 Å². The molecule has 0 radical (unpaired) electrons. The molecular formula is C11H14N2. The molecule has 0 aliphatic carbocycles. The zero-order chi connectivity index (χ0) is 9.90. The summed E-state index contributed by atoms with van der Waals surface area (Å²) in [6.45, 7) is 6.49. The van der Waals surface area contributed by atoms with Gasteiger partial charge < -0.3 is 0 Å². The fourth-order valence-electron chi connectivity index (χ4n) is 1.12. The Hall–Kier alpha value is -1.36. The van der Waals surface area contributed by atoms with Crippen LogP contribution < -0.4 is 0 Å². The van der Waals surface area contributed by atoms with Crippen LogP contribution in [-0.2, 0) is 5.41 Å². The Kier molecular flexibility index (Phi) is 2.67. The zero-order valence-corrected chi connectivity index (χ0v) is 8.33. The number of nitriles is 1. The lowest BCUT2D eigenvalue weighted by Gasteiger charge is -2.22. The molecule has 2 nitrogen and oxygen atoms in total. The normalized spacial score (nSPS) is 10.9. The van der Waals surface area contributed by atoms with Gasteiger partial charge in [0.1, 0.15) is 11.8 Å². The van der Waals surface area contributed by atoms with Crippen LogP contribution in [-0.4, -0.2) is 4.98 Å². The lowest BCUT2D eigenvalue weighted by atomic mass is 9.82. The summed E-state index contributed by atoms with van der Waals surface area (Å²) in [5.74, 6) is 0. The second kappa shape index (κ2) is 3.57. The van der Waals surface area contributed by atoms with Crippen molar-refractivity contribution >= 4 is 0 Å². The van der Waals surface area contributed by atoms with Gasteiger partial charge in [-0.2, -0.15) is 5.26 Å². The van der Waals surface area contributed by atoms with Crippen LogP contribution in [0.15, 0.2) is 18.3 Å². The summed E-state index contributed by atoms with van der Waals surface area (Å²) in [6.07, 6.45) is 2.76. The maximum absolute atomic E-state index is 8.69. The van der Waals surface area contributed by atoms with E-state index in [1.54, 1.807) is 6.20 Å². The average Bonchev–Trinajstić information content (AvgIpc) is 2.18. The predicted molar refractivity (Wildman–Crippen MR) is 52.3 cm³/mol. The molecule has 1 rings (SSSR count). The molecule has 0 aliphatic heterocycles. The lowest BCUT2D eigenvalue weighted by molar-refractivity contribution is 0.505.